The lowest BCUT2D eigenvalue weighted by atomic mass is 10.3. The monoisotopic (exact) mass is 239 g/mol. The quantitative estimate of drug-likeness (QED) is 0.772. The number of aromatic nitrogens is 3. The van der Waals surface area contributed by atoms with Crippen molar-refractivity contribution in [1.29, 1.82) is 0 Å². The van der Waals surface area contributed by atoms with Gasteiger partial charge in [0, 0.05) is 18.6 Å². The maximum absolute atomic E-state index is 5.77. The van der Waals surface area contributed by atoms with E-state index in [0.717, 1.165) is 17.4 Å². The zero-order chi connectivity index (χ0) is 10.7. The van der Waals surface area contributed by atoms with Crippen LogP contribution in [-0.4, -0.2) is 20.8 Å². The minimum Gasteiger partial charge on any atom is -0.320 e. The number of nitrogens with zero attached hydrogens (tertiary/aromatic N) is 3. The highest BCUT2D eigenvalue weighted by molar-refractivity contribution is 7.98. The first-order chi connectivity index (χ1) is 7.29. The minimum atomic E-state index is 0.662. The van der Waals surface area contributed by atoms with Crippen molar-refractivity contribution in [3.63, 3.8) is 0 Å². The highest BCUT2D eigenvalue weighted by Gasteiger charge is 2.02. The van der Waals surface area contributed by atoms with Crippen molar-refractivity contribution in [3.05, 3.63) is 41.4 Å². The summed E-state index contributed by atoms with van der Waals surface area (Å²) in [6.07, 6.45) is 7.41. The Hall–Kier alpha value is -1.00. The van der Waals surface area contributed by atoms with E-state index < -0.39 is 0 Å². The van der Waals surface area contributed by atoms with Crippen LogP contribution >= 0.6 is 23.4 Å². The summed E-state index contributed by atoms with van der Waals surface area (Å²) < 4.78 is 2.06. The molecule has 0 saturated heterocycles. The highest BCUT2D eigenvalue weighted by Crippen LogP contribution is 2.14. The predicted molar refractivity (Wildman–Crippen MR) is 62.4 cm³/mol. The Kier molecular flexibility index (Phi) is 3.28. The molecule has 0 aliphatic carbocycles. The molecule has 0 atom stereocenters. The van der Waals surface area contributed by atoms with Crippen LogP contribution in [0, 0.1) is 0 Å². The van der Waals surface area contributed by atoms with Gasteiger partial charge in [-0.2, -0.15) is 0 Å². The first kappa shape index (κ1) is 10.5. The molecule has 0 fully saturated rings. The third-order valence-electron chi connectivity index (χ3n) is 1.98. The minimum absolute atomic E-state index is 0.662. The van der Waals surface area contributed by atoms with E-state index in [9.17, 15) is 0 Å². The molecule has 0 bridgehead atoms. The van der Waals surface area contributed by atoms with Gasteiger partial charge in [0.1, 0.15) is 0 Å². The Morgan fingerprint density at radius 2 is 2.27 bits per heavy atom. The molecule has 0 aromatic carbocycles. The Morgan fingerprint density at radius 1 is 1.40 bits per heavy atom. The Balaban J connectivity index is 2.18. The number of hydrogen-bond acceptors (Lipinski definition) is 3. The summed E-state index contributed by atoms with van der Waals surface area (Å²) in [7, 11) is 0. The average molecular weight is 240 g/mol. The Labute approximate surface area is 97.5 Å². The van der Waals surface area contributed by atoms with E-state index in [1.54, 1.807) is 24.2 Å². The zero-order valence-corrected chi connectivity index (χ0v) is 9.79. The van der Waals surface area contributed by atoms with Crippen LogP contribution in [0.2, 0.25) is 5.02 Å². The molecule has 0 saturated carbocycles. The summed E-state index contributed by atoms with van der Waals surface area (Å²) in [6.45, 7) is 0.730. The van der Waals surface area contributed by atoms with Gasteiger partial charge in [-0.05, 0) is 18.4 Å². The largest absolute Gasteiger partial charge is 0.320 e. The fraction of sp³-hybridized carbons (Fsp3) is 0.200. The molecule has 2 aromatic rings. The number of hydrogen-bond donors (Lipinski definition) is 0. The van der Waals surface area contributed by atoms with Gasteiger partial charge >= 0.3 is 0 Å². The molecule has 15 heavy (non-hydrogen) atoms. The zero-order valence-electron chi connectivity index (χ0n) is 8.22. The molecule has 0 spiro atoms. The lowest BCUT2D eigenvalue weighted by Gasteiger charge is -2.04. The number of imidazole rings is 1. The van der Waals surface area contributed by atoms with Crippen molar-refractivity contribution in [3.8, 4) is 0 Å². The maximum atomic E-state index is 5.77. The molecule has 2 aromatic heterocycles. The molecule has 2 heterocycles. The number of thioether (sulfide) groups is 1. The van der Waals surface area contributed by atoms with Crippen molar-refractivity contribution >= 4 is 23.4 Å². The lowest BCUT2D eigenvalue weighted by Crippen LogP contribution is -2.01. The number of halogens is 1. The number of pyridine rings is 1. The van der Waals surface area contributed by atoms with Crippen molar-refractivity contribution < 1.29 is 0 Å². The van der Waals surface area contributed by atoms with Crippen LogP contribution in [0.15, 0.2) is 35.9 Å². The summed E-state index contributed by atoms with van der Waals surface area (Å²) in [5.74, 6) is 0. The van der Waals surface area contributed by atoms with Crippen molar-refractivity contribution in [1.82, 2.24) is 14.5 Å². The van der Waals surface area contributed by atoms with Crippen LogP contribution in [0.25, 0.3) is 0 Å². The first-order valence-corrected chi connectivity index (χ1v) is 6.05. The second-order valence-corrected chi connectivity index (χ2v) is 4.22. The van der Waals surface area contributed by atoms with Crippen LogP contribution in [0.4, 0.5) is 0 Å². The molecule has 0 N–H and O–H groups in total. The first-order valence-electron chi connectivity index (χ1n) is 4.45. The molecule has 2 rings (SSSR count). The summed E-state index contributed by atoms with van der Waals surface area (Å²) >= 11 is 7.39. The topological polar surface area (TPSA) is 30.7 Å². The molecule has 5 heteroatoms. The second-order valence-electron chi connectivity index (χ2n) is 3.01. The molecular formula is C10H10ClN3S. The SMILES string of the molecule is CSc1nccn1Cc1ccc(Cl)cn1. The van der Waals surface area contributed by atoms with Gasteiger partial charge < -0.3 is 4.57 Å². The Morgan fingerprint density at radius 3 is 2.93 bits per heavy atom. The standard InChI is InChI=1S/C10H10ClN3S/c1-15-10-12-4-5-14(10)7-9-3-2-8(11)6-13-9/h2-6H,7H2,1H3. The van der Waals surface area contributed by atoms with Gasteiger partial charge in [-0.25, -0.2) is 4.98 Å². The normalized spacial score (nSPS) is 10.5. The van der Waals surface area contributed by atoms with Gasteiger partial charge in [0.2, 0.25) is 0 Å². The van der Waals surface area contributed by atoms with Gasteiger partial charge in [-0.1, -0.05) is 23.4 Å². The third-order valence-corrected chi connectivity index (χ3v) is 2.91. The van der Waals surface area contributed by atoms with Crippen molar-refractivity contribution in [2.45, 2.75) is 11.7 Å². The van der Waals surface area contributed by atoms with Gasteiger partial charge in [0.15, 0.2) is 5.16 Å². The van der Waals surface area contributed by atoms with Crippen molar-refractivity contribution in [2.75, 3.05) is 6.26 Å². The molecule has 0 aliphatic rings. The van der Waals surface area contributed by atoms with Crippen LogP contribution in [0.5, 0.6) is 0 Å². The molecule has 0 amide bonds. The van der Waals surface area contributed by atoms with Crippen LogP contribution < -0.4 is 0 Å². The highest BCUT2D eigenvalue weighted by atomic mass is 35.5. The van der Waals surface area contributed by atoms with Gasteiger partial charge in [0.05, 0.1) is 17.3 Å². The molecular weight excluding hydrogens is 230 g/mol. The molecule has 0 unspecified atom stereocenters. The van der Waals surface area contributed by atoms with E-state index in [1.165, 1.54) is 0 Å². The average Bonchev–Trinajstić information content (AvgIpc) is 2.69. The van der Waals surface area contributed by atoms with E-state index in [-0.39, 0.29) is 0 Å². The third kappa shape index (κ3) is 2.52. The van der Waals surface area contributed by atoms with E-state index in [1.807, 2.05) is 24.6 Å². The lowest BCUT2D eigenvalue weighted by molar-refractivity contribution is 0.694. The molecule has 0 radical (unpaired) electrons. The van der Waals surface area contributed by atoms with Gasteiger partial charge in [-0.15, -0.1) is 0 Å². The van der Waals surface area contributed by atoms with Crippen molar-refractivity contribution in [2.24, 2.45) is 0 Å². The van der Waals surface area contributed by atoms with Crippen LogP contribution in [0.1, 0.15) is 5.69 Å². The van der Waals surface area contributed by atoms with Gasteiger partial charge in [0.25, 0.3) is 0 Å². The van der Waals surface area contributed by atoms with E-state index in [4.69, 9.17) is 11.6 Å². The van der Waals surface area contributed by atoms with E-state index in [2.05, 4.69) is 14.5 Å². The summed E-state index contributed by atoms with van der Waals surface area (Å²) in [5.41, 5.74) is 0.979. The smallest absolute Gasteiger partial charge is 0.168 e. The number of rotatable bonds is 3. The van der Waals surface area contributed by atoms with E-state index >= 15 is 0 Å². The fourth-order valence-corrected chi connectivity index (χ4v) is 1.92. The van der Waals surface area contributed by atoms with Crippen LogP contribution in [-0.2, 0) is 6.54 Å². The summed E-state index contributed by atoms with van der Waals surface area (Å²) in [4.78, 5) is 8.46. The Bertz CT molecular complexity index is 438. The predicted octanol–water partition coefficient (Wildman–Crippen LogP) is 2.70. The van der Waals surface area contributed by atoms with Gasteiger partial charge in [-0.3, -0.25) is 4.98 Å². The summed E-state index contributed by atoms with van der Waals surface area (Å²) in [6, 6.07) is 3.77. The summed E-state index contributed by atoms with van der Waals surface area (Å²) in [5, 5.41) is 1.65. The van der Waals surface area contributed by atoms with Crippen LogP contribution in [0.3, 0.4) is 0 Å². The molecule has 78 valence electrons. The molecule has 3 nitrogen and oxygen atoms in total. The second kappa shape index (κ2) is 4.68. The van der Waals surface area contributed by atoms with E-state index in [0.29, 0.717) is 5.02 Å². The fourth-order valence-electron chi connectivity index (χ4n) is 1.28. The molecule has 0 aliphatic heterocycles. The maximum Gasteiger partial charge on any atom is 0.168 e.